The Hall–Kier alpha value is -1.23. The van der Waals surface area contributed by atoms with Gasteiger partial charge in [-0.25, -0.2) is 0 Å². The Morgan fingerprint density at radius 1 is 1.33 bits per heavy atom. The smallest absolute Gasteiger partial charge is 0.288 e. The molecular weight excluding hydrogens is 297 g/mol. The average Bonchev–Trinajstić information content (AvgIpc) is 2.41. The number of allylic oxidation sites excluding steroid dienone is 1. The molecule has 0 spiro atoms. The van der Waals surface area contributed by atoms with Crippen LogP contribution in [0.1, 0.15) is 49.5 Å². The fourth-order valence-electron chi connectivity index (χ4n) is 2.07. The van der Waals surface area contributed by atoms with Crippen LogP contribution >= 0.6 is 11.8 Å². The number of benzene rings is 1. The molecule has 0 N–H and O–H groups in total. The van der Waals surface area contributed by atoms with Crippen molar-refractivity contribution in [3.05, 3.63) is 42.0 Å². The number of alkyl halides is 3. The highest BCUT2D eigenvalue weighted by atomic mass is 32.2. The zero-order valence-electron chi connectivity index (χ0n) is 12.2. The third-order valence-corrected chi connectivity index (χ3v) is 4.21. The summed E-state index contributed by atoms with van der Waals surface area (Å²) in [7, 11) is 0. The van der Waals surface area contributed by atoms with Crippen LogP contribution in [0.5, 0.6) is 0 Å². The first-order valence-electron chi connectivity index (χ1n) is 6.80. The maximum absolute atomic E-state index is 12.9. The molecule has 0 aliphatic heterocycles. The molecule has 0 saturated heterocycles. The Morgan fingerprint density at radius 3 is 2.48 bits per heavy atom. The van der Waals surface area contributed by atoms with Gasteiger partial charge in [0.25, 0.3) is 0 Å². The van der Waals surface area contributed by atoms with E-state index in [1.807, 2.05) is 6.92 Å². The molecule has 5 heteroatoms. The van der Waals surface area contributed by atoms with E-state index in [2.05, 4.69) is 6.58 Å². The number of carbonyl (C=O) groups excluding carboxylic acids is 1. The molecule has 0 aromatic heterocycles. The van der Waals surface area contributed by atoms with E-state index in [1.165, 1.54) is 13.0 Å². The van der Waals surface area contributed by atoms with Gasteiger partial charge in [0.2, 0.25) is 0 Å². The van der Waals surface area contributed by atoms with E-state index in [0.29, 0.717) is 12.0 Å². The van der Waals surface area contributed by atoms with Crippen molar-refractivity contribution in [2.75, 3.05) is 0 Å². The van der Waals surface area contributed by atoms with Crippen molar-refractivity contribution >= 4 is 22.5 Å². The SMILES string of the molecule is C=C(c1ccccc1C(CCCC)SC(C)=O)C(F)(F)F. The number of thioether (sulfide) groups is 1. The maximum Gasteiger partial charge on any atom is 0.416 e. The van der Waals surface area contributed by atoms with Crippen LogP contribution in [-0.2, 0) is 4.79 Å². The molecule has 0 radical (unpaired) electrons. The summed E-state index contributed by atoms with van der Waals surface area (Å²) in [6.45, 7) is 6.62. The molecule has 1 nitrogen and oxygen atoms in total. The Kier molecular flexibility index (Phi) is 6.52. The molecule has 0 saturated carbocycles. The monoisotopic (exact) mass is 316 g/mol. The van der Waals surface area contributed by atoms with Crippen molar-refractivity contribution < 1.29 is 18.0 Å². The van der Waals surface area contributed by atoms with E-state index in [0.717, 1.165) is 24.6 Å². The molecule has 1 aromatic carbocycles. The van der Waals surface area contributed by atoms with E-state index >= 15 is 0 Å². The Labute approximate surface area is 127 Å². The molecular formula is C16H19F3OS. The van der Waals surface area contributed by atoms with Gasteiger partial charge in [-0.2, -0.15) is 13.2 Å². The van der Waals surface area contributed by atoms with Crippen LogP contribution in [0.4, 0.5) is 13.2 Å². The number of hydrogen-bond donors (Lipinski definition) is 0. The van der Waals surface area contributed by atoms with E-state index in [1.54, 1.807) is 18.2 Å². The minimum atomic E-state index is -4.47. The van der Waals surface area contributed by atoms with E-state index in [9.17, 15) is 18.0 Å². The summed E-state index contributed by atoms with van der Waals surface area (Å²) in [4.78, 5) is 11.4. The second-order valence-corrected chi connectivity index (χ2v) is 6.18. The number of rotatable bonds is 6. The molecule has 0 aliphatic rings. The summed E-state index contributed by atoms with van der Waals surface area (Å²) >= 11 is 1.09. The van der Waals surface area contributed by atoms with Crippen LogP contribution in [0, 0.1) is 0 Å². The lowest BCUT2D eigenvalue weighted by Gasteiger charge is -2.21. The fraction of sp³-hybridized carbons (Fsp3) is 0.438. The van der Waals surface area contributed by atoms with E-state index in [-0.39, 0.29) is 15.9 Å². The quantitative estimate of drug-likeness (QED) is 0.662. The second kappa shape index (κ2) is 7.69. The Balaban J connectivity index is 3.18. The van der Waals surface area contributed by atoms with Gasteiger partial charge in [-0.1, -0.05) is 62.4 Å². The number of unbranched alkanes of at least 4 members (excludes halogenated alkanes) is 1. The van der Waals surface area contributed by atoms with Gasteiger partial charge in [0.1, 0.15) is 0 Å². The summed E-state index contributed by atoms with van der Waals surface area (Å²) < 4.78 is 38.8. The van der Waals surface area contributed by atoms with Gasteiger partial charge in [0, 0.05) is 12.2 Å². The van der Waals surface area contributed by atoms with E-state index in [4.69, 9.17) is 0 Å². The third kappa shape index (κ3) is 5.23. The van der Waals surface area contributed by atoms with Crippen LogP contribution < -0.4 is 0 Å². The normalized spacial score (nSPS) is 13.0. The summed E-state index contributed by atoms with van der Waals surface area (Å²) in [6, 6.07) is 6.33. The number of halogens is 3. The summed E-state index contributed by atoms with van der Waals surface area (Å²) in [6.07, 6.45) is -2.01. The molecule has 0 aliphatic carbocycles. The average molecular weight is 316 g/mol. The van der Waals surface area contributed by atoms with Crippen molar-refractivity contribution in [2.45, 2.75) is 44.5 Å². The van der Waals surface area contributed by atoms with Gasteiger partial charge in [-0.05, 0) is 17.5 Å². The second-order valence-electron chi connectivity index (χ2n) is 4.80. The standard InChI is InChI=1S/C16H19F3OS/c1-4-5-10-15(21-12(3)20)14-9-7-6-8-13(14)11(2)16(17,18)19/h6-9,15H,2,4-5,10H2,1,3H3. The topological polar surface area (TPSA) is 17.1 Å². The highest BCUT2D eigenvalue weighted by Crippen LogP contribution is 2.41. The molecule has 0 heterocycles. The predicted octanol–water partition coefficient (Wildman–Crippen LogP) is 5.77. The van der Waals surface area contributed by atoms with Crippen LogP contribution in [0.25, 0.3) is 5.57 Å². The lowest BCUT2D eigenvalue weighted by molar-refractivity contribution is -0.109. The molecule has 21 heavy (non-hydrogen) atoms. The van der Waals surface area contributed by atoms with Gasteiger partial charge in [0.05, 0.1) is 5.57 Å². The zero-order valence-corrected chi connectivity index (χ0v) is 13.0. The van der Waals surface area contributed by atoms with E-state index < -0.39 is 11.7 Å². The van der Waals surface area contributed by atoms with Gasteiger partial charge >= 0.3 is 6.18 Å². The summed E-state index contributed by atoms with van der Waals surface area (Å²) in [5.41, 5.74) is -0.239. The molecule has 0 bridgehead atoms. The van der Waals surface area contributed by atoms with Crippen molar-refractivity contribution in [1.82, 2.24) is 0 Å². The first-order valence-corrected chi connectivity index (χ1v) is 7.68. The van der Waals surface area contributed by atoms with Crippen LogP contribution in [0.2, 0.25) is 0 Å². The minimum absolute atomic E-state index is 0.0832. The maximum atomic E-state index is 12.9. The third-order valence-electron chi connectivity index (χ3n) is 3.10. The molecule has 0 amide bonds. The fourth-order valence-corrected chi connectivity index (χ4v) is 3.09. The van der Waals surface area contributed by atoms with Crippen LogP contribution in [0.3, 0.4) is 0 Å². The summed E-state index contributed by atoms with van der Waals surface area (Å²) in [5, 5.41) is -0.360. The number of carbonyl (C=O) groups is 1. The first-order chi connectivity index (χ1) is 9.77. The summed E-state index contributed by atoms with van der Waals surface area (Å²) in [5.74, 6) is 0. The Morgan fingerprint density at radius 2 is 1.95 bits per heavy atom. The van der Waals surface area contributed by atoms with Crippen LogP contribution in [-0.4, -0.2) is 11.3 Å². The molecule has 1 rings (SSSR count). The molecule has 1 atom stereocenters. The lowest BCUT2D eigenvalue weighted by atomic mass is 9.96. The predicted molar refractivity (Wildman–Crippen MR) is 82.1 cm³/mol. The van der Waals surface area contributed by atoms with Gasteiger partial charge in [-0.3, -0.25) is 4.79 Å². The van der Waals surface area contributed by atoms with Gasteiger partial charge in [-0.15, -0.1) is 0 Å². The van der Waals surface area contributed by atoms with Crippen molar-refractivity contribution in [2.24, 2.45) is 0 Å². The molecule has 0 fully saturated rings. The highest BCUT2D eigenvalue weighted by Gasteiger charge is 2.35. The van der Waals surface area contributed by atoms with Gasteiger partial charge < -0.3 is 0 Å². The Bertz CT molecular complexity index is 508. The van der Waals surface area contributed by atoms with Gasteiger partial charge in [0.15, 0.2) is 5.12 Å². The molecule has 1 aromatic rings. The zero-order chi connectivity index (χ0) is 16.0. The molecule has 1 unspecified atom stereocenters. The first kappa shape index (κ1) is 17.8. The highest BCUT2D eigenvalue weighted by molar-refractivity contribution is 8.13. The van der Waals surface area contributed by atoms with Crippen molar-refractivity contribution in [3.63, 3.8) is 0 Å². The van der Waals surface area contributed by atoms with Crippen molar-refractivity contribution in [3.8, 4) is 0 Å². The minimum Gasteiger partial charge on any atom is -0.288 e. The number of hydrogen-bond acceptors (Lipinski definition) is 2. The molecule has 116 valence electrons. The van der Waals surface area contributed by atoms with Crippen LogP contribution in [0.15, 0.2) is 30.8 Å². The lowest BCUT2D eigenvalue weighted by Crippen LogP contribution is -2.12. The largest absolute Gasteiger partial charge is 0.416 e. The van der Waals surface area contributed by atoms with Crippen molar-refractivity contribution in [1.29, 1.82) is 0 Å².